The smallest absolute Gasteiger partial charge is 0.259 e. The van der Waals surface area contributed by atoms with Gasteiger partial charge < -0.3 is 14.8 Å². The van der Waals surface area contributed by atoms with Crippen LogP contribution in [0.4, 0.5) is 5.69 Å². The van der Waals surface area contributed by atoms with Crippen LogP contribution < -0.4 is 14.8 Å². The summed E-state index contributed by atoms with van der Waals surface area (Å²) in [6.07, 6.45) is 2.02. The number of carbonyl (C=O) groups excluding carboxylic acids is 1. The summed E-state index contributed by atoms with van der Waals surface area (Å²) in [6.45, 7) is 6.73. The first-order valence-corrected chi connectivity index (χ1v) is 8.44. The summed E-state index contributed by atoms with van der Waals surface area (Å²) in [4.78, 5) is 12.5. The van der Waals surface area contributed by atoms with E-state index in [9.17, 15) is 4.79 Å². The zero-order chi connectivity index (χ0) is 17.4. The van der Waals surface area contributed by atoms with E-state index in [0.29, 0.717) is 17.9 Å². The van der Waals surface area contributed by atoms with E-state index in [1.165, 1.54) is 0 Å². The minimum Gasteiger partial charge on any atom is -0.493 e. The molecule has 1 atom stereocenters. The van der Waals surface area contributed by atoms with E-state index >= 15 is 0 Å². The van der Waals surface area contributed by atoms with Crippen LogP contribution in [0.25, 0.3) is 0 Å². The van der Waals surface area contributed by atoms with Crippen molar-refractivity contribution in [1.82, 2.24) is 0 Å². The summed E-state index contributed by atoms with van der Waals surface area (Å²) < 4.78 is 11.4. The first-order chi connectivity index (χ1) is 11.6. The van der Waals surface area contributed by atoms with Gasteiger partial charge in [0.25, 0.3) is 5.91 Å². The van der Waals surface area contributed by atoms with Crippen LogP contribution >= 0.6 is 0 Å². The second-order valence-corrected chi connectivity index (χ2v) is 5.66. The fourth-order valence-electron chi connectivity index (χ4n) is 2.12. The van der Waals surface area contributed by atoms with Crippen LogP contribution in [-0.4, -0.2) is 18.6 Å². The predicted octanol–water partition coefficient (Wildman–Crippen LogP) is 4.91. The van der Waals surface area contributed by atoms with Gasteiger partial charge in [0.1, 0.15) is 11.5 Å². The highest BCUT2D eigenvalue weighted by Crippen LogP contribution is 2.22. The molecule has 1 unspecified atom stereocenters. The van der Waals surface area contributed by atoms with Crippen molar-refractivity contribution in [2.24, 2.45) is 0 Å². The van der Waals surface area contributed by atoms with Crippen LogP contribution in [0.1, 0.15) is 44.0 Å². The van der Waals surface area contributed by atoms with Crippen molar-refractivity contribution < 1.29 is 14.3 Å². The number of rotatable bonds is 8. The van der Waals surface area contributed by atoms with Gasteiger partial charge in [-0.05, 0) is 56.2 Å². The molecule has 1 N–H and O–H groups in total. The first kappa shape index (κ1) is 17.9. The molecule has 0 aliphatic heterocycles. The zero-order valence-corrected chi connectivity index (χ0v) is 14.5. The third-order valence-electron chi connectivity index (χ3n) is 3.62. The topological polar surface area (TPSA) is 47.6 Å². The largest absolute Gasteiger partial charge is 0.493 e. The Balaban J connectivity index is 2.04. The Labute approximate surface area is 143 Å². The quantitative estimate of drug-likeness (QED) is 0.750. The molecular formula is C20H25NO3. The second kappa shape index (κ2) is 8.96. The van der Waals surface area contributed by atoms with Crippen LogP contribution in [0.15, 0.2) is 48.5 Å². The van der Waals surface area contributed by atoms with Crippen molar-refractivity contribution in [3.63, 3.8) is 0 Å². The molecule has 128 valence electrons. The molecule has 2 aromatic carbocycles. The Morgan fingerprint density at radius 2 is 1.79 bits per heavy atom. The van der Waals surface area contributed by atoms with Gasteiger partial charge in [-0.2, -0.15) is 0 Å². The molecule has 0 saturated heterocycles. The fourth-order valence-corrected chi connectivity index (χ4v) is 2.12. The molecule has 24 heavy (non-hydrogen) atoms. The number of carbonyl (C=O) groups is 1. The van der Waals surface area contributed by atoms with Gasteiger partial charge in [0.2, 0.25) is 0 Å². The fraction of sp³-hybridized carbons (Fsp3) is 0.350. The number of para-hydroxylation sites is 1. The minimum atomic E-state index is -0.183. The lowest BCUT2D eigenvalue weighted by Crippen LogP contribution is -2.14. The predicted molar refractivity (Wildman–Crippen MR) is 97.0 cm³/mol. The summed E-state index contributed by atoms with van der Waals surface area (Å²) >= 11 is 0. The molecule has 0 aliphatic carbocycles. The number of hydrogen-bond donors (Lipinski definition) is 1. The van der Waals surface area contributed by atoms with Crippen LogP contribution in [0.2, 0.25) is 0 Å². The van der Waals surface area contributed by atoms with E-state index in [4.69, 9.17) is 9.47 Å². The van der Waals surface area contributed by atoms with Gasteiger partial charge in [0, 0.05) is 5.69 Å². The van der Waals surface area contributed by atoms with Crippen LogP contribution in [0.5, 0.6) is 11.5 Å². The van der Waals surface area contributed by atoms with Gasteiger partial charge in [0.15, 0.2) is 0 Å². The Morgan fingerprint density at radius 3 is 2.46 bits per heavy atom. The lowest BCUT2D eigenvalue weighted by atomic mass is 10.2. The van der Waals surface area contributed by atoms with Gasteiger partial charge in [-0.25, -0.2) is 0 Å². The highest BCUT2D eigenvalue weighted by molar-refractivity contribution is 6.06. The van der Waals surface area contributed by atoms with Crippen molar-refractivity contribution in [3.05, 3.63) is 54.1 Å². The summed E-state index contributed by atoms with van der Waals surface area (Å²) in [5.41, 5.74) is 1.26. The lowest BCUT2D eigenvalue weighted by Gasteiger charge is -2.13. The zero-order valence-electron chi connectivity index (χ0n) is 14.5. The summed E-state index contributed by atoms with van der Waals surface area (Å²) in [5.74, 6) is 1.22. The van der Waals surface area contributed by atoms with Crippen molar-refractivity contribution in [2.75, 3.05) is 11.9 Å². The van der Waals surface area contributed by atoms with E-state index in [1.807, 2.05) is 56.3 Å². The molecule has 4 heteroatoms. The molecule has 0 radical (unpaired) electrons. The third kappa shape index (κ3) is 5.01. The van der Waals surface area contributed by atoms with Crippen LogP contribution in [0.3, 0.4) is 0 Å². The number of amides is 1. The van der Waals surface area contributed by atoms with Gasteiger partial charge in [-0.1, -0.05) is 26.0 Å². The maximum Gasteiger partial charge on any atom is 0.259 e. The average Bonchev–Trinajstić information content (AvgIpc) is 2.61. The highest BCUT2D eigenvalue weighted by atomic mass is 16.5. The minimum absolute atomic E-state index is 0.174. The maximum absolute atomic E-state index is 12.5. The summed E-state index contributed by atoms with van der Waals surface area (Å²) in [7, 11) is 0. The molecule has 2 rings (SSSR count). The van der Waals surface area contributed by atoms with E-state index in [-0.39, 0.29) is 12.0 Å². The molecule has 0 saturated carbocycles. The monoisotopic (exact) mass is 327 g/mol. The van der Waals surface area contributed by atoms with Gasteiger partial charge in [-0.3, -0.25) is 4.79 Å². The van der Waals surface area contributed by atoms with Crippen molar-refractivity contribution >= 4 is 11.6 Å². The molecular weight excluding hydrogens is 302 g/mol. The van der Waals surface area contributed by atoms with Crippen molar-refractivity contribution in [1.29, 1.82) is 0 Å². The Bertz CT molecular complexity index is 652. The second-order valence-electron chi connectivity index (χ2n) is 5.66. The Hall–Kier alpha value is -2.49. The molecule has 0 spiro atoms. The Kier molecular flexibility index (Phi) is 6.67. The number of ether oxygens (including phenoxy) is 2. The number of hydrogen-bond acceptors (Lipinski definition) is 3. The van der Waals surface area contributed by atoms with Gasteiger partial charge in [-0.15, -0.1) is 0 Å². The highest BCUT2D eigenvalue weighted by Gasteiger charge is 2.12. The summed E-state index contributed by atoms with van der Waals surface area (Å²) in [6, 6.07) is 14.7. The third-order valence-corrected chi connectivity index (χ3v) is 3.62. The van der Waals surface area contributed by atoms with E-state index < -0.39 is 0 Å². The van der Waals surface area contributed by atoms with E-state index in [1.54, 1.807) is 6.07 Å². The number of nitrogens with one attached hydrogen (secondary N) is 1. The SMILES string of the molecule is CCCOc1ccccc1C(=O)Nc1ccc(OC(C)CC)cc1. The van der Waals surface area contributed by atoms with Crippen molar-refractivity contribution in [2.45, 2.75) is 39.7 Å². The van der Waals surface area contributed by atoms with E-state index in [0.717, 1.165) is 24.3 Å². The normalized spacial score (nSPS) is 11.6. The molecule has 0 aliphatic rings. The maximum atomic E-state index is 12.5. The molecule has 4 nitrogen and oxygen atoms in total. The van der Waals surface area contributed by atoms with Crippen LogP contribution in [-0.2, 0) is 0 Å². The standard InChI is InChI=1S/C20H25NO3/c1-4-14-23-19-9-7-6-8-18(19)20(22)21-16-10-12-17(13-11-16)24-15(3)5-2/h6-13,15H,4-5,14H2,1-3H3,(H,21,22). The number of anilines is 1. The molecule has 0 heterocycles. The number of benzene rings is 2. The lowest BCUT2D eigenvalue weighted by molar-refractivity contribution is 0.102. The Morgan fingerprint density at radius 1 is 1.08 bits per heavy atom. The first-order valence-electron chi connectivity index (χ1n) is 8.44. The van der Waals surface area contributed by atoms with Gasteiger partial charge >= 0.3 is 0 Å². The summed E-state index contributed by atoms with van der Waals surface area (Å²) in [5, 5.41) is 2.90. The molecule has 2 aromatic rings. The molecule has 1 amide bonds. The van der Waals surface area contributed by atoms with Crippen LogP contribution in [0, 0.1) is 0 Å². The van der Waals surface area contributed by atoms with E-state index in [2.05, 4.69) is 12.2 Å². The average molecular weight is 327 g/mol. The molecule has 0 fully saturated rings. The molecule has 0 bridgehead atoms. The van der Waals surface area contributed by atoms with Crippen molar-refractivity contribution in [3.8, 4) is 11.5 Å². The molecule has 0 aromatic heterocycles. The van der Waals surface area contributed by atoms with Gasteiger partial charge in [0.05, 0.1) is 18.3 Å².